The van der Waals surface area contributed by atoms with E-state index in [-0.39, 0.29) is 17.8 Å². The minimum Gasteiger partial charge on any atom is -0.508 e. The Morgan fingerprint density at radius 2 is 1.95 bits per heavy atom. The second-order valence-corrected chi connectivity index (χ2v) is 4.82. The molecule has 1 aromatic carbocycles. The van der Waals surface area contributed by atoms with Crippen LogP contribution in [-0.2, 0) is 4.79 Å². The average Bonchev–Trinajstić information content (AvgIpc) is 2.42. The molecule has 7 heteroatoms. The van der Waals surface area contributed by atoms with E-state index in [0.717, 1.165) is 5.56 Å². The number of phenolic OH excluding ortho intramolecular Hbond substituents is 1. The number of rotatable bonds is 8. The van der Waals surface area contributed by atoms with Crippen molar-refractivity contribution in [1.82, 2.24) is 5.32 Å². The molecular formula is C14H22N4O3. The Labute approximate surface area is 123 Å². The third-order valence-electron chi connectivity index (χ3n) is 3.09. The zero-order valence-electron chi connectivity index (χ0n) is 12.0. The molecule has 2 atom stereocenters. The SMILES string of the molecule is CC(NC(CCCN=C(N)N)C(=O)O)c1ccc(O)cc1. The summed E-state index contributed by atoms with van der Waals surface area (Å²) in [7, 11) is 0. The standard InChI is InChI=1S/C14H22N4O3/c1-9(10-4-6-11(19)7-5-10)18-12(13(20)21)3-2-8-17-14(15)16/h4-7,9,12,18-19H,2-3,8H2,1H3,(H,20,21)(H4,15,16,17). The van der Waals surface area contributed by atoms with Gasteiger partial charge in [0.1, 0.15) is 11.8 Å². The average molecular weight is 294 g/mol. The first-order valence-corrected chi connectivity index (χ1v) is 6.73. The molecular weight excluding hydrogens is 272 g/mol. The first-order valence-electron chi connectivity index (χ1n) is 6.73. The van der Waals surface area contributed by atoms with Crippen molar-refractivity contribution in [3.8, 4) is 5.75 Å². The van der Waals surface area contributed by atoms with E-state index in [1.54, 1.807) is 24.3 Å². The number of guanidine groups is 1. The number of carbonyl (C=O) groups is 1. The topological polar surface area (TPSA) is 134 Å². The van der Waals surface area contributed by atoms with E-state index in [2.05, 4.69) is 10.3 Å². The Bertz CT molecular complexity index is 483. The van der Waals surface area contributed by atoms with E-state index in [1.165, 1.54) is 0 Å². The number of carboxylic acid groups (broad SMARTS) is 1. The normalized spacial score (nSPS) is 13.4. The monoisotopic (exact) mass is 294 g/mol. The molecule has 0 radical (unpaired) electrons. The summed E-state index contributed by atoms with van der Waals surface area (Å²) in [5.74, 6) is -0.726. The van der Waals surface area contributed by atoms with Crippen LogP contribution >= 0.6 is 0 Å². The van der Waals surface area contributed by atoms with Gasteiger partial charge >= 0.3 is 5.97 Å². The van der Waals surface area contributed by atoms with Gasteiger partial charge in [-0.3, -0.25) is 15.1 Å². The van der Waals surface area contributed by atoms with E-state index >= 15 is 0 Å². The van der Waals surface area contributed by atoms with Crippen LogP contribution in [0.3, 0.4) is 0 Å². The van der Waals surface area contributed by atoms with E-state index in [0.29, 0.717) is 19.4 Å². The number of nitrogens with zero attached hydrogens (tertiary/aromatic N) is 1. The van der Waals surface area contributed by atoms with Gasteiger partial charge in [0.15, 0.2) is 5.96 Å². The number of phenols is 1. The summed E-state index contributed by atoms with van der Waals surface area (Å²) in [6, 6.07) is 5.83. The maximum Gasteiger partial charge on any atom is 0.320 e. The van der Waals surface area contributed by atoms with E-state index in [4.69, 9.17) is 11.5 Å². The van der Waals surface area contributed by atoms with Gasteiger partial charge in [0.05, 0.1) is 0 Å². The van der Waals surface area contributed by atoms with Crippen LogP contribution in [0.5, 0.6) is 5.75 Å². The predicted octanol–water partition coefficient (Wildman–Crippen LogP) is 0.550. The number of hydrogen-bond acceptors (Lipinski definition) is 4. The minimum absolute atomic E-state index is 0.00676. The van der Waals surface area contributed by atoms with Crippen molar-refractivity contribution >= 4 is 11.9 Å². The fourth-order valence-electron chi connectivity index (χ4n) is 1.94. The molecule has 1 aromatic rings. The number of carboxylic acids is 1. The lowest BCUT2D eigenvalue weighted by Crippen LogP contribution is -2.38. The number of aliphatic imine (C=N–C) groups is 1. The Morgan fingerprint density at radius 3 is 2.48 bits per heavy atom. The van der Waals surface area contributed by atoms with Crippen molar-refractivity contribution in [1.29, 1.82) is 0 Å². The molecule has 0 saturated heterocycles. The second-order valence-electron chi connectivity index (χ2n) is 4.82. The Kier molecular flexibility index (Phi) is 6.48. The first-order chi connectivity index (χ1) is 9.90. The van der Waals surface area contributed by atoms with E-state index in [1.807, 2.05) is 6.92 Å². The van der Waals surface area contributed by atoms with Crippen LogP contribution in [0.1, 0.15) is 31.4 Å². The lowest BCUT2D eigenvalue weighted by atomic mass is 10.1. The van der Waals surface area contributed by atoms with Gasteiger partial charge in [-0.15, -0.1) is 0 Å². The van der Waals surface area contributed by atoms with E-state index < -0.39 is 12.0 Å². The van der Waals surface area contributed by atoms with Crippen LogP contribution in [0.15, 0.2) is 29.3 Å². The van der Waals surface area contributed by atoms with Gasteiger partial charge in [-0.2, -0.15) is 0 Å². The van der Waals surface area contributed by atoms with Crippen molar-refractivity contribution in [2.24, 2.45) is 16.5 Å². The van der Waals surface area contributed by atoms with Crippen LogP contribution in [0.2, 0.25) is 0 Å². The third kappa shape index (κ3) is 6.13. The van der Waals surface area contributed by atoms with Crippen LogP contribution in [0.4, 0.5) is 0 Å². The highest BCUT2D eigenvalue weighted by molar-refractivity contribution is 5.75. The number of aliphatic carboxylic acids is 1. The molecule has 0 spiro atoms. The quantitative estimate of drug-likeness (QED) is 0.270. The summed E-state index contributed by atoms with van der Waals surface area (Å²) in [4.78, 5) is 15.1. The third-order valence-corrected chi connectivity index (χ3v) is 3.09. The molecule has 0 aliphatic carbocycles. The van der Waals surface area contributed by atoms with Gasteiger partial charge in [-0.25, -0.2) is 0 Å². The Hall–Kier alpha value is -2.28. The molecule has 0 aliphatic rings. The summed E-state index contributed by atoms with van der Waals surface area (Å²) in [5.41, 5.74) is 11.3. The number of hydrogen-bond donors (Lipinski definition) is 5. The largest absolute Gasteiger partial charge is 0.508 e. The van der Waals surface area contributed by atoms with Gasteiger partial charge in [0.2, 0.25) is 0 Å². The minimum atomic E-state index is -0.912. The molecule has 1 rings (SSSR count). The highest BCUT2D eigenvalue weighted by Gasteiger charge is 2.19. The Morgan fingerprint density at radius 1 is 1.33 bits per heavy atom. The maximum atomic E-state index is 11.3. The predicted molar refractivity (Wildman–Crippen MR) is 81.0 cm³/mol. The summed E-state index contributed by atoms with van der Waals surface area (Å²) >= 11 is 0. The number of aromatic hydroxyl groups is 1. The van der Waals surface area contributed by atoms with Crippen molar-refractivity contribution in [2.45, 2.75) is 31.8 Å². The zero-order chi connectivity index (χ0) is 15.8. The number of nitrogens with one attached hydrogen (secondary N) is 1. The highest BCUT2D eigenvalue weighted by Crippen LogP contribution is 2.17. The summed E-state index contributed by atoms with van der Waals surface area (Å²) in [5, 5.41) is 21.5. The lowest BCUT2D eigenvalue weighted by molar-refractivity contribution is -0.139. The molecule has 0 fully saturated rings. The summed E-state index contributed by atoms with van der Waals surface area (Å²) in [6.07, 6.45) is 0.999. The fraction of sp³-hybridized carbons (Fsp3) is 0.429. The molecule has 0 heterocycles. The number of nitrogens with two attached hydrogens (primary N) is 2. The molecule has 0 bridgehead atoms. The molecule has 7 nitrogen and oxygen atoms in total. The molecule has 7 N–H and O–H groups in total. The van der Waals surface area contributed by atoms with Gasteiger partial charge in [0, 0.05) is 12.6 Å². The summed E-state index contributed by atoms with van der Waals surface area (Å²) < 4.78 is 0. The van der Waals surface area contributed by atoms with Crippen molar-refractivity contribution < 1.29 is 15.0 Å². The molecule has 0 saturated carbocycles. The lowest BCUT2D eigenvalue weighted by Gasteiger charge is -2.20. The van der Waals surface area contributed by atoms with E-state index in [9.17, 15) is 15.0 Å². The van der Waals surface area contributed by atoms with Gasteiger partial charge < -0.3 is 21.7 Å². The fourth-order valence-corrected chi connectivity index (χ4v) is 1.94. The van der Waals surface area contributed by atoms with Crippen LogP contribution in [0.25, 0.3) is 0 Å². The zero-order valence-corrected chi connectivity index (χ0v) is 12.0. The van der Waals surface area contributed by atoms with Gasteiger partial charge in [0.25, 0.3) is 0 Å². The second kappa shape index (κ2) is 8.11. The van der Waals surface area contributed by atoms with Crippen LogP contribution in [-0.4, -0.2) is 34.7 Å². The highest BCUT2D eigenvalue weighted by atomic mass is 16.4. The van der Waals surface area contributed by atoms with Crippen molar-refractivity contribution in [3.63, 3.8) is 0 Å². The van der Waals surface area contributed by atoms with Crippen molar-refractivity contribution in [3.05, 3.63) is 29.8 Å². The molecule has 21 heavy (non-hydrogen) atoms. The number of benzene rings is 1. The molecule has 0 aromatic heterocycles. The van der Waals surface area contributed by atoms with Gasteiger partial charge in [-0.05, 0) is 37.5 Å². The maximum absolute atomic E-state index is 11.3. The first kappa shape index (κ1) is 16.8. The van der Waals surface area contributed by atoms with Crippen molar-refractivity contribution in [2.75, 3.05) is 6.54 Å². The van der Waals surface area contributed by atoms with Crippen LogP contribution < -0.4 is 16.8 Å². The molecule has 0 amide bonds. The summed E-state index contributed by atoms with van der Waals surface area (Å²) in [6.45, 7) is 2.28. The van der Waals surface area contributed by atoms with Crippen LogP contribution in [0, 0.1) is 0 Å². The Balaban J connectivity index is 2.55. The smallest absolute Gasteiger partial charge is 0.320 e. The van der Waals surface area contributed by atoms with Gasteiger partial charge in [-0.1, -0.05) is 12.1 Å². The molecule has 116 valence electrons. The molecule has 2 unspecified atom stereocenters. The molecule has 0 aliphatic heterocycles.